The van der Waals surface area contributed by atoms with Crippen LogP contribution in [0.15, 0.2) is 0 Å². The van der Waals surface area contributed by atoms with Gasteiger partial charge in [0, 0.05) is 19.1 Å². The fraction of sp³-hybridized carbons (Fsp3) is 0.917. The molecule has 2 saturated heterocycles. The Morgan fingerprint density at radius 2 is 2.06 bits per heavy atom. The van der Waals surface area contributed by atoms with E-state index in [0.717, 1.165) is 38.8 Å². The highest BCUT2D eigenvalue weighted by Gasteiger charge is 2.32. The van der Waals surface area contributed by atoms with Crippen molar-refractivity contribution in [1.29, 1.82) is 0 Å². The van der Waals surface area contributed by atoms with Gasteiger partial charge in [-0.2, -0.15) is 0 Å². The summed E-state index contributed by atoms with van der Waals surface area (Å²) in [7, 11) is 0. The minimum absolute atomic E-state index is 0.0800. The maximum atomic E-state index is 12.0. The number of hydrogen-bond donors (Lipinski definition) is 2. The van der Waals surface area contributed by atoms with Gasteiger partial charge in [0.05, 0.1) is 6.04 Å². The van der Waals surface area contributed by atoms with Crippen molar-refractivity contribution in [3.8, 4) is 0 Å². The summed E-state index contributed by atoms with van der Waals surface area (Å²) in [5.74, 6) is 0.220. The second-order valence-corrected chi connectivity index (χ2v) is 4.93. The van der Waals surface area contributed by atoms with E-state index < -0.39 is 0 Å². The topological polar surface area (TPSA) is 58.4 Å². The Morgan fingerprint density at radius 1 is 1.25 bits per heavy atom. The normalized spacial score (nSPS) is 33.2. The van der Waals surface area contributed by atoms with Gasteiger partial charge in [-0.15, -0.1) is 0 Å². The van der Waals surface area contributed by atoms with Crippen LogP contribution >= 0.6 is 0 Å². The first-order valence-corrected chi connectivity index (χ1v) is 6.56. The Morgan fingerprint density at radius 3 is 2.88 bits per heavy atom. The number of piperidine rings is 1. The number of carbonyl (C=O) groups is 1. The summed E-state index contributed by atoms with van der Waals surface area (Å²) in [6.45, 7) is 2.57. The fourth-order valence-electron chi connectivity index (χ4n) is 2.93. The monoisotopic (exact) mass is 225 g/mol. The largest absolute Gasteiger partial charge is 0.355 e. The first kappa shape index (κ1) is 11.9. The highest BCUT2D eigenvalue weighted by Crippen LogP contribution is 2.22. The fourth-order valence-corrected chi connectivity index (χ4v) is 2.93. The van der Waals surface area contributed by atoms with E-state index in [1.807, 2.05) is 0 Å². The molecule has 2 heterocycles. The second-order valence-electron chi connectivity index (χ2n) is 4.93. The van der Waals surface area contributed by atoms with Gasteiger partial charge in [0.1, 0.15) is 0 Å². The summed E-state index contributed by atoms with van der Waals surface area (Å²) < 4.78 is 0. The first-order valence-electron chi connectivity index (χ1n) is 6.56. The SMILES string of the molecule is NCC1CCCCN1C1CCCCNC1=O. The van der Waals surface area contributed by atoms with Crippen molar-refractivity contribution in [2.45, 2.75) is 50.6 Å². The summed E-state index contributed by atoms with van der Waals surface area (Å²) >= 11 is 0. The lowest BCUT2D eigenvalue weighted by atomic mass is 9.97. The predicted molar refractivity (Wildman–Crippen MR) is 64.0 cm³/mol. The van der Waals surface area contributed by atoms with E-state index >= 15 is 0 Å². The maximum absolute atomic E-state index is 12.0. The summed E-state index contributed by atoms with van der Waals surface area (Å²) in [6.07, 6.45) is 6.89. The van der Waals surface area contributed by atoms with Crippen LogP contribution in [0.3, 0.4) is 0 Å². The van der Waals surface area contributed by atoms with Crippen molar-refractivity contribution in [2.75, 3.05) is 19.6 Å². The summed E-state index contributed by atoms with van der Waals surface area (Å²) in [5.41, 5.74) is 5.81. The number of rotatable bonds is 2. The van der Waals surface area contributed by atoms with Gasteiger partial charge in [-0.25, -0.2) is 0 Å². The molecule has 0 bridgehead atoms. The lowest BCUT2D eigenvalue weighted by Crippen LogP contribution is -2.54. The van der Waals surface area contributed by atoms with E-state index in [0.29, 0.717) is 12.6 Å². The van der Waals surface area contributed by atoms with Gasteiger partial charge in [0.25, 0.3) is 0 Å². The number of likely N-dealkylation sites (tertiary alicyclic amines) is 1. The molecule has 2 fully saturated rings. The molecule has 0 spiro atoms. The summed E-state index contributed by atoms with van der Waals surface area (Å²) in [6, 6.07) is 0.499. The first-order chi connectivity index (χ1) is 7.83. The minimum Gasteiger partial charge on any atom is -0.355 e. The van der Waals surface area contributed by atoms with Crippen molar-refractivity contribution < 1.29 is 4.79 Å². The molecule has 2 aliphatic heterocycles. The Bertz CT molecular complexity index is 244. The molecule has 92 valence electrons. The quantitative estimate of drug-likeness (QED) is 0.718. The average molecular weight is 225 g/mol. The molecule has 2 atom stereocenters. The molecule has 3 N–H and O–H groups in total. The molecule has 2 rings (SSSR count). The van der Waals surface area contributed by atoms with E-state index in [2.05, 4.69) is 10.2 Å². The summed E-state index contributed by atoms with van der Waals surface area (Å²) in [5, 5.41) is 3.02. The lowest BCUT2D eigenvalue weighted by molar-refractivity contribution is -0.127. The predicted octanol–water partition coefficient (Wildman–Crippen LogP) is 0.468. The molecule has 2 aliphatic rings. The Balaban J connectivity index is 2.04. The highest BCUT2D eigenvalue weighted by molar-refractivity contribution is 5.82. The number of hydrogen-bond acceptors (Lipinski definition) is 3. The van der Waals surface area contributed by atoms with Gasteiger partial charge in [0.2, 0.25) is 5.91 Å². The molecular weight excluding hydrogens is 202 g/mol. The van der Waals surface area contributed by atoms with Crippen LogP contribution in [-0.2, 0) is 4.79 Å². The van der Waals surface area contributed by atoms with Gasteiger partial charge in [-0.05, 0) is 38.6 Å². The van der Waals surface area contributed by atoms with E-state index in [4.69, 9.17) is 5.73 Å². The van der Waals surface area contributed by atoms with Gasteiger partial charge < -0.3 is 11.1 Å². The molecule has 2 unspecified atom stereocenters. The smallest absolute Gasteiger partial charge is 0.237 e. The number of nitrogens with two attached hydrogens (primary N) is 1. The van der Waals surface area contributed by atoms with Crippen LogP contribution in [-0.4, -0.2) is 42.5 Å². The van der Waals surface area contributed by atoms with Crippen molar-refractivity contribution in [2.24, 2.45) is 5.73 Å². The van der Waals surface area contributed by atoms with Crippen molar-refractivity contribution in [1.82, 2.24) is 10.2 Å². The van der Waals surface area contributed by atoms with E-state index in [1.165, 1.54) is 12.8 Å². The molecule has 0 saturated carbocycles. The standard InChI is InChI=1S/C12H23N3O/c13-9-10-5-2-4-8-15(10)11-6-1-3-7-14-12(11)16/h10-11H,1-9,13H2,(H,14,16). The Hall–Kier alpha value is -0.610. The molecule has 0 aromatic rings. The van der Waals surface area contributed by atoms with Crippen LogP contribution in [0.1, 0.15) is 38.5 Å². The highest BCUT2D eigenvalue weighted by atomic mass is 16.2. The van der Waals surface area contributed by atoms with Crippen molar-refractivity contribution >= 4 is 5.91 Å². The van der Waals surface area contributed by atoms with Crippen LogP contribution < -0.4 is 11.1 Å². The molecule has 4 nitrogen and oxygen atoms in total. The third-order valence-corrected chi connectivity index (χ3v) is 3.85. The number of carbonyl (C=O) groups excluding carboxylic acids is 1. The van der Waals surface area contributed by atoms with Crippen LogP contribution in [0.5, 0.6) is 0 Å². The van der Waals surface area contributed by atoms with Crippen molar-refractivity contribution in [3.63, 3.8) is 0 Å². The van der Waals surface area contributed by atoms with Crippen LogP contribution in [0.4, 0.5) is 0 Å². The van der Waals surface area contributed by atoms with Gasteiger partial charge >= 0.3 is 0 Å². The van der Waals surface area contributed by atoms with Gasteiger partial charge in [0.15, 0.2) is 0 Å². The third kappa shape index (κ3) is 2.55. The zero-order chi connectivity index (χ0) is 11.4. The molecular formula is C12H23N3O. The Kier molecular flexibility index (Phi) is 4.18. The van der Waals surface area contributed by atoms with Gasteiger partial charge in [-0.3, -0.25) is 9.69 Å². The average Bonchev–Trinajstić information content (AvgIpc) is 2.54. The number of nitrogens with zero attached hydrogens (tertiary/aromatic N) is 1. The molecule has 0 aliphatic carbocycles. The number of nitrogens with one attached hydrogen (secondary N) is 1. The van der Waals surface area contributed by atoms with E-state index in [-0.39, 0.29) is 11.9 Å². The molecule has 16 heavy (non-hydrogen) atoms. The van der Waals surface area contributed by atoms with E-state index in [1.54, 1.807) is 0 Å². The number of amides is 1. The molecule has 0 radical (unpaired) electrons. The molecule has 0 aromatic carbocycles. The van der Waals surface area contributed by atoms with Gasteiger partial charge in [-0.1, -0.05) is 6.42 Å². The van der Waals surface area contributed by atoms with E-state index in [9.17, 15) is 4.79 Å². The maximum Gasteiger partial charge on any atom is 0.237 e. The second kappa shape index (κ2) is 5.64. The van der Waals surface area contributed by atoms with Crippen LogP contribution in [0.2, 0.25) is 0 Å². The molecule has 1 amide bonds. The van der Waals surface area contributed by atoms with Crippen LogP contribution in [0.25, 0.3) is 0 Å². The zero-order valence-corrected chi connectivity index (χ0v) is 9.95. The molecule has 4 heteroatoms. The third-order valence-electron chi connectivity index (χ3n) is 3.85. The molecule has 0 aromatic heterocycles. The Labute approximate surface area is 97.6 Å². The zero-order valence-electron chi connectivity index (χ0n) is 9.95. The summed E-state index contributed by atoms with van der Waals surface area (Å²) in [4.78, 5) is 14.3. The van der Waals surface area contributed by atoms with Crippen LogP contribution in [0, 0.1) is 0 Å². The lowest BCUT2D eigenvalue weighted by Gasteiger charge is -2.39. The minimum atomic E-state index is 0.0800. The van der Waals surface area contributed by atoms with Crippen molar-refractivity contribution in [3.05, 3.63) is 0 Å².